The topological polar surface area (TPSA) is 75.6 Å². The summed E-state index contributed by atoms with van der Waals surface area (Å²) < 4.78 is 5.84. The summed E-state index contributed by atoms with van der Waals surface area (Å²) in [6, 6.07) is 15.0. The van der Waals surface area contributed by atoms with Gasteiger partial charge in [-0.3, -0.25) is 9.59 Å². The highest BCUT2D eigenvalue weighted by molar-refractivity contribution is 5.96. The summed E-state index contributed by atoms with van der Waals surface area (Å²) in [7, 11) is 0. The average molecular weight is 389 g/mol. The molecule has 2 N–H and O–H groups in total. The van der Waals surface area contributed by atoms with Crippen LogP contribution in [-0.2, 0) is 9.59 Å². The minimum atomic E-state index is -0.864. The van der Waals surface area contributed by atoms with Gasteiger partial charge in [-0.1, -0.05) is 24.3 Å². The summed E-state index contributed by atoms with van der Waals surface area (Å²) in [6.45, 7) is 2.01. The van der Waals surface area contributed by atoms with E-state index >= 15 is 0 Å². The van der Waals surface area contributed by atoms with Gasteiger partial charge in [0.2, 0.25) is 5.91 Å². The summed E-state index contributed by atoms with van der Waals surface area (Å²) in [5.74, 6) is 0.193. The Morgan fingerprint density at radius 1 is 0.966 bits per heavy atom. The van der Waals surface area contributed by atoms with Gasteiger partial charge in [-0.25, -0.2) is 0 Å². The van der Waals surface area contributed by atoms with E-state index in [0.717, 1.165) is 17.7 Å². The Hall–Kier alpha value is -3.08. The third-order valence-corrected chi connectivity index (χ3v) is 6.59. The van der Waals surface area contributed by atoms with Gasteiger partial charge in [-0.05, 0) is 79.0 Å². The molecule has 0 heterocycles. The molecular weight excluding hydrogens is 366 g/mol. The summed E-state index contributed by atoms with van der Waals surface area (Å²) in [5.41, 5.74) is 1.77. The van der Waals surface area contributed by atoms with Crippen molar-refractivity contribution in [2.45, 2.75) is 13.3 Å². The van der Waals surface area contributed by atoms with Crippen molar-refractivity contribution in [3.63, 3.8) is 0 Å². The second-order valence-electron chi connectivity index (χ2n) is 8.43. The lowest BCUT2D eigenvalue weighted by Gasteiger charge is -2.41. The molecule has 2 fully saturated rings. The molecule has 148 valence electrons. The standard InChI is InChI=1S/C24H23NO4/c1-13-3-2-4-16(11-13)29-15-7-5-14(6-8-15)25-23(26)21-17-9-10-18(20-12-19(17)20)22(21)24(27)28/h2-11,17-22H,12H2,1H3,(H,25,26)(H,27,28)/t17-,18-,19-,20-,21+,22+/m1/s1. The molecule has 0 unspecified atom stereocenters. The first-order valence-corrected chi connectivity index (χ1v) is 10.1. The molecule has 5 nitrogen and oxygen atoms in total. The zero-order chi connectivity index (χ0) is 20.1. The van der Waals surface area contributed by atoms with Crippen LogP contribution in [0.5, 0.6) is 11.5 Å². The van der Waals surface area contributed by atoms with Crippen LogP contribution in [-0.4, -0.2) is 17.0 Å². The van der Waals surface area contributed by atoms with Crippen molar-refractivity contribution < 1.29 is 19.4 Å². The minimum Gasteiger partial charge on any atom is -0.481 e. The van der Waals surface area contributed by atoms with E-state index in [1.807, 2.05) is 37.3 Å². The third-order valence-electron chi connectivity index (χ3n) is 6.59. The Morgan fingerprint density at radius 3 is 2.31 bits per heavy atom. The first-order chi connectivity index (χ1) is 14.0. The SMILES string of the molecule is Cc1cccc(Oc2ccc(NC(=O)[C@H]3[C@@H]4C=C[C@H]([C@H]5C[C@H]45)[C@@H]3C(=O)O)cc2)c1. The molecule has 29 heavy (non-hydrogen) atoms. The van der Waals surface area contributed by atoms with Crippen LogP contribution < -0.4 is 10.1 Å². The molecule has 4 aliphatic carbocycles. The van der Waals surface area contributed by atoms with Gasteiger partial charge in [-0.2, -0.15) is 0 Å². The van der Waals surface area contributed by atoms with E-state index in [1.54, 1.807) is 24.3 Å². The van der Waals surface area contributed by atoms with Crippen LogP contribution in [0.3, 0.4) is 0 Å². The van der Waals surface area contributed by atoms with Crippen LogP contribution in [0, 0.1) is 42.4 Å². The number of allylic oxidation sites excluding steroid dienone is 2. The van der Waals surface area contributed by atoms with Crippen LogP contribution in [0.4, 0.5) is 5.69 Å². The number of carbonyl (C=O) groups excluding carboxylic acids is 1. The number of rotatable bonds is 5. The molecule has 4 aliphatic rings. The van der Waals surface area contributed by atoms with Gasteiger partial charge in [0.15, 0.2) is 0 Å². The number of hydrogen-bond acceptors (Lipinski definition) is 3. The summed E-state index contributed by atoms with van der Waals surface area (Å²) in [5, 5.41) is 12.7. The number of aliphatic carboxylic acids is 1. The molecule has 0 aromatic heterocycles. The second-order valence-corrected chi connectivity index (χ2v) is 8.43. The number of aryl methyl sites for hydroxylation is 1. The Labute approximate surface area is 169 Å². The summed E-state index contributed by atoms with van der Waals surface area (Å²) in [6.07, 6.45) is 5.14. The number of amides is 1. The Bertz CT molecular complexity index is 996. The van der Waals surface area contributed by atoms with E-state index in [0.29, 0.717) is 23.3 Å². The third kappa shape index (κ3) is 3.20. The fourth-order valence-corrected chi connectivity index (χ4v) is 5.22. The van der Waals surface area contributed by atoms with Gasteiger partial charge in [0.1, 0.15) is 11.5 Å². The van der Waals surface area contributed by atoms with Crippen molar-refractivity contribution in [3.05, 3.63) is 66.2 Å². The van der Waals surface area contributed by atoms with E-state index in [1.165, 1.54) is 0 Å². The van der Waals surface area contributed by atoms with Crippen LogP contribution in [0.1, 0.15) is 12.0 Å². The lowest BCUT2D eigenvalue weighted by molar-refractivity contribution is -0.152. The van der Waals surface area contributed by atoms with Crippen LogP contribution >= 0.6 is 0 Å². The highest BCUT2D eigenvalue weighted by Gasteiger charge is 2.62. The van der Waals surface area contributed by atoms with E-state index in [9.17, 15) is 14.7 Å². The first-order valence-electron chi connectivity index (χ1n) is 10.1. The Balaban J connectivity index is 1.29. The van der Waals surface area contributed by atoms with Gasteiger partial charge in [0, 0.05) is 5.69 Å². The number of anilines is 1. The average Bonchev–Trinajstić information content (AvgIpc) is 3.51. The number of carbonyl (C=O) groups is 2. The summed E-state index contributed by atoms with van der Waals surface area (Å²) >= 11 is 0. The van der Waals surface area contributed by atoms with E-state index in [2.05, 4.69) is 11.4 Å². The van der Waals surface area contributed by atoms with E-state index in [-0.39, 0.29) is 17.7 Å². The monoisotopic (exact) mass is 389 g/mol. The normalized spacial score (nSPS) is 31.1. The van der Waals surface area contributed by atoms with Crippen molar-refractivity contribution in [1.82, 2.24) is 0 Å². The summed E-state index contributed by atoms with van der Waals surface area (Å²) in [4.78, 5) is 24.9. The lowest BCUT2D eigenvalue weighted by atomic mass is 9.62. The minimum absolute atomic E-state index is 0.0108. The maximum Gasteiger partial charge on any atom is 0.307 e. The van der Waals surface area contributed by atoms with Crippen molar-refractivity contribution in [1.29, 1.82) is 0 Å². The quantitative estimate of drug-likeness (QED) is 0.739. The number of hydrogen-bond donors (Lipinski definition) is 2. The Kier molecular flexibility index (Phi) is 4.19. The number of fused-ring (bicyclic) bond motifs is 1. The maximum absolute atomic E-state index is 13.0. The van der Waals surface area contributed by atoms with Gasteiger partial charge < -0.3 is 15.2 Å². The van der Waals surface area contributed by atoms with Gasteiger partial charge in [0.05, 0.1) is 11.8 Å². The number of nitrogens with one attached hydrogen (secondary N) is 1. The largest absolute Gasteiger partial charge is 0.481 e. The number of ether oxygens (including phenoxy) is 1. The van der Waals surface area contributed by atoms with Crippen LogP contribution in [0.25, 0.3) is 0 Å². The molecule has 0 saturated heterocycles. The highest BCUT2D eigenvalue weighted by atomic mass is 16.5. The predicted molar refractivity (Wildman–Crippen MR) is 109 cm³/mol. The molecule has 2 aromatic rings. The van der Waals surface area contributed by atoms with Gasteiger partial charge in [0.25, 0.3) is 0 Å². The van der Waals surface area contributed by atoms with Crippen molar-refractivity contribution in [2.75, 3.05) is 5.32 Å². The van der Waals surface area contributed by atoms with Gasteiger partial charge in [-0.15, -0.1) is 0 Å². The van der Waals surface area contributed by atoms with Crippen LogP contribution in [0.15, 0.2) is 60.7 Å². The van der Waals surface area contributed by atoms with Gasteiger partial charge >= 0.3 is 5.97 Å². The zero-order valence-corrected chi connectivity index (χ0v) is 16.1. The molecule has 2 bridgehead atoms. The molecule has 5 heteroatoms. The van der Waals surface area contributed by atoms with E-state index in [4.69, 9.17) is 4.74 Å². The molecule has 1 amide bonds. The smallest absolute Gasteiger partial charge is 0.307 e. The number of benzene rings is 2. The second kappa shape index (κ2) is 6.76. The van der Waals surface area contributed by atoms with Crippen molar-refractivity contribution >= 4 is 17.6 Å². The molecule has 2 aromatic carbocycles. The molecule has 0 aliphatic heterocycles. The van der Waals surface area contributed by atoms with Crippen LogP contribution in [0.2, 0.25) is 0 Å². The molecule has 6 rings (SSSR count). The fraction of sp³-hybridized carbons (Fsp3) is 0.333. The van der Waals surface area contributed by atoms with Crippen molar-refractivity contribution in [3.8, 4) is 11.5 Å². The highest BCUT2D eigenvalue weighted by Crippen LogP contribution is 2.63. The Morgan fingerprint density at radius 2 is 1.66 bits per heavy atom. The molecule has 0 spiro atoms. The molecule has 2 saturated carbocycles. The van der Waals surface area contributed by atoms with E-state index < -0.39 is 17.8 Å². The molecule has 6 atom stereocenters. The fourth-order valence-electron chi connectivity index (χ4n) is 5.22. The molecular formula is C24H23NO4. The number of carboxylic acids is 1. The first kappa shape index (κ1) is 18.0. The lowest BCUT2D eigenvalue weighted by Crippen LogP contribution is -2.48. The number of carboxylic acid groups (broad SMARTS) is 1. The zero-order valence-electron chi connectivity index (χ0n) is 16.1. The molecule has 0 radical (unpaired) electrons. The van der Waals surface area contributed by atoms with Crippen molar-refractivity contribution in [2.24, 2.45) is 35.5 Å². The predicted octanol–water partition coefficient (Wildman–Crippen LogP) is 4.49. The maximum atomic E-state index is 13.0.